The van der Waals surface area contributed by atoms with Gasteiger partial charge in [-0.1, -0.05) is 5.16 Å². The third kappa shape index (κ3) is 6.79. The molecule has 0 heterocycles. The van der Waals surface area contributed by atoms with Crippen LogP contribution in [0.4, 0.5) is 0 Å². The Morgan fingerprint density at radius 3 is 3.00 bits per heavy atom. The lowest BCUT2D eigenvalue weighted by Crippen LogP contribution is -2.22. The molecule has 0 aliphatic carbocycles. The first-order valence-electron chi connectivity index (χ1n) is 3.21. The monoisotopic (exact) mass is 160 g/mol. The number of rotatable bonds is 5. The van der Waals surface area contributed by atoms with Crippen LogP contribution in [0.3, 0.4) is 0 Å². The van der Waals surface area contributed by atoms with E-state index in [2.05, 4.69) is 15.3 Å². The van der Waals surface area contributed by atoms with Crippen molar-refractivity contribution in [3.8, 4) is 0 Å². The van der Waals surface area contributed by atoms with Crippen LogP contribution < -0.4 is 5.32 Å². The maximum absolute atomic E-state index is 9.90. The average Bonchev–Trinajstić information content (AvgIpc) is 1.97. The van der Waals surface area contributed by atoms with Gasteiger partial charge in [0.2, 0.25) is 6.61 Å². The summed E-state index contributed by atoms with van der Waals surface area (Å²) in [5, 5.41) is 14.4. The molecule has 0 bridgehead atoms. The molecule has 5 nitrogen and oxygen atoms in total. The first kappa shape index (κ1) is 9.90. The summed E-state index contributed by atoms with van der Waals surface area (Å²) >= 11 is 0. The van der Waals surface area contributed by atoms with E-state index in [-0.39, 0.29) is 6.04 Å². The zero-order chi connectivity index (χ0) is 8.69. The fourth-order valence-corrected chi connectivity index (χ4v) is 0.301. The minimum atomic E-state index is -1.03. The van der Waals surface area contributed by atoms with Gasteiger partial charge in [-0.15, -0.1) is 0 Å². The second-order valence-electron chi connectivity index (χ2n) is 2.00. The Hall–Kier alpha value is -1.10. The number of carboxylic acids is 1. The number of oxime groups is 1. The lowest BCUT2D eigenvalue weighted by Gasteiger charge is -2.00. The molecule has 0 amide bonds. The first-order chi connectivity index (χ1) is 5.16. The number of hydrogen-bond acceptors (Lipinski definition) is 4. The molecule has 1 unspecified atom stereocenters. The van der Waals surface area contributed by atoms with Crippen molar-refractivity contribution in [1.29, 1.82) is 0 Å². The average molecular weight is 160 g/mol. The molecule has 64 valence electrons. The van der Waals surface area contributed by atoms with Crippen LogP contribution in [-0.2, 0) is 9.63 Å². The molecule has 2 N–H and O–H groups in total. The molecule has 0 aliphatic heterocycles. The maximum atomic E-state index is 9.90. The molecule has 0 radical (unpaired) electrons. The van der Waals surface area contributed by atoms with Gasteiger partial charge in [0.15, 0.2) is 0 Å². The summed E-state index contributed by atoms with van der Waals surface area (Å²) in [6.07, 6.45) is 1.49. The van der Waals surface area contributed by atoms with E-state index >= 15 is 0 Å². The molecule has 0 rings (SSSR count). The molecule has 0 aliphatic rings. The maximum Gasteiger partial charge on any atom is 0.344 e. The van der Waals surface area contributed by atoms with Crippen molar-refractivity contribution in [3.05, 3.63) is 0 Å². The van der Waals surface area contributed by atoms with E-state index in [9.17, 15) is 4.79 Å². The number of nitrogens with one attached hydrogen (secondary N) is 1. The van der Waals surface area contributed by atoms with E-state index in [0.29, 0.717) is 0 Å². The van der Waals surface area contributed by atoms with E-state index in [0.717, 1.165) is 0 Å². The molecular weight excluding hydrogens is 148 g/mol. The third-order valence-electron chi connectivity index (χ3n) is 1.00. The molecule has 5 heteroatoms. The summed E-state index contributed by atoms with van der Waals surface area (Å²) in [6, 6.07) is 0.0868. The SMILES string of the molecule is CNC(C)/C=N\OCC(=O)O. The second-order valence-corrected chi connectivity index (χ2v) is 2.00. The molecule has 0 saturated carbocycles. The molecular formula is C6H12N2O3. The Labute approximate surface area is 65.0 Å². The number of carbonyl (C=O) groups is 1. The smallest absolute Gasteiger partial charge is 0.344 e. The van der Waals surface area contributed by atoms with Crippen molar-refractivity contribution in [3.63, 3.8) is 0 Å². The van der Waals surface area contributed by atoms with Gasteiger partial charge in [-0.25, -0.2) is 4.79 Å². The van der Waals surface area contributed by atoms with Crippen molar-refractivity contribution in [2.45, 2.75) is 13.0 Å². The zero-order valence-electron chi connectivity index (χ0n) is 6.57. The second kappa shape index (κ2) is 5.67. The van der Waals surface area contributed by atoms with E-state index < -0.39 is 12.6 Å². The molecule has 0 fully saturated rings. The highest BCUT2D eigenvalue weighted by Gasteiger charge is 1.94. The lowest BCUT2D eigenvalue weighted by atomic mass is 10.4. The number of carboxylic acid groups (broad SMARTS) is 1. The first-order valence-corrected chi connectivity index (χ1v) is 3.21. The molecule has 1 atom stereocenters. The van der Waals surface area contributed by atoms with Gasteiger partial charge >= 0.3 is 5.97 Å². The van der Waals surface area contributed by atoms with Crippen LogP contribution in [0.2, 0.25) is 0 Å². The Balaban J connectivity index is 3.36. The lowest BCUT2D eigenvalue weighted by molar-refractivity contribution is -0.142. The summed E-state index contributed by atoms with van der Waals surface area (Å²) < 4.78 is 0. The van der Waals surface area contributed by atoms with Crippen LogP contribution in [0.15, 0.2) is 5.16 Å². The fraction of sp³-hybridized carbons (Fsp3) is 0.667. The zero-order valence-corrected chi connectivity index (χ0v) is 6.57. The predicted molar refractivity (Wildman–Crippen MR) is 40.6 cm³/mol. The molecule has 0 aromatic rings. The Morgan fingerprint density at radius 2 is 2.55 bits per heavy atom. The number of hydrogen-bond donors (Lipinski definition) is 2. The normalized spacial score (nSPS) is 13.3. The number of nitrogens with zero attached hydrogens (tertiary/aromatic N) is 1. The quantitative estimate of drug-likeness (QED) is 0.427. The van der Waals surface area contributed by atoms with Gasteiger partial charge < -0.3 is 15.3 Å². The Bertz CT molecular complexity index is 147. The highest BCUT2D eigenvalue weighted by molar-refractivity contribution is 5.68. The highest BCUT2D eigenvalue weighted by atomic mass is 16.6. The molecule has 11 heavy (non-hydrogen) atoms. The summed E-state index contributed by atoms with van der Waals surface area (Å²) in [7, 11) is 1.77. The van der Waals surface area contributed by atoms with Gasteiger partial charge in [0, 0.05) is 6.04 Å². The van der Waals surface area contributed by atoms with Gasteiger partial charge in [-0.05, 0) is 14.0 Å². The summed E-state index contributed by atoms with van der Waals surface area (Å²) in [4.78, 5) is 14.3. The van der Waals surface area contributed by atoms with E-state index in [4.69, 9.17) is 5.11 Å². The van der Waals surface area contributed by atoms with Crippen LogP contribution >= 0.6 is 0 Å². The molecule has 0 aromatic heterocycles. The molecule has 0 saturated heterocycles. The van der Waals surface area contributed by atoms with Crippen LogP contribution in [-0.4, -0.2) is 37.0 Å². The van der Waals surface area contributed by atoms with Crippen molar-refractivity contribution in [2.24, 2.45) is 5.16 Å². The minimum Gasteiger partial charge on any atom is -0.479 e. The number of aliphatic carboxylic acids is 1. The van der Waals surface area contributed by atoms with Crippen molar-refractivity contribution in [1.82, 2.24) is 5.32 Å². The summed E-state index contributed by atoms with van der Waals surface area (Å²) in [5.41, 5.74) is 0. The van der Waals surface area contributed by atoms with Gasteiger partial charge in [-0.3, -0.25) is 0 Å². The van der Waals surface area contributed by atoms with E-state index in [1.165, 1.54) is 6.21 Å². The van der Waals surface area contributed by atoms with E-state index in [1.807, 2.05) is 6.92 Å². The van der Waals surface area contributed by atoms with Crippen LogP contribution in [0, 0.1) is 0 Å². The largest absolute Gasteiger partial charge is 0.479 e. The molecule has 0 aromatic carbocycles. The van der Waals surface area contributed by atoms with Crippen LogP contribution in [0.5, 0.6) is 0 Å². The Kier molecular flexibility index (Phi) is 5.10. The van der Waals surface area contributed by atoms with E-state index in [1.54, 1.807) is 7.05 Å². The standard InChI is InChI=1S/C6H12N2O3/c1-5(7-2)3-8-11-4-6(9)10/h3,5,7H,4H2,1-2H3,(H,9,10)/b8-3-. The van der Waals surface area contributed by atoms with Crippen LogP contribution in [0.1, 0.15) is 6.92 Å². The third-order valence-corrected chi connectivity index (χ3v) is 1.00. The predicted octanol–water partition coefficient (Wildman–Crippen LogP) is -0.319. The minimum absolute atomic E-state index is 0.0868. The Morgan fingerprint density at radius 1 is 1.91 bits per heavy atom. The summed E-state index contributed by atoms with van der Waals surface area (Å²) in [6.45, 7) is 1.47. The van der Waals surface area contributed by atoms with Gasteiger partial charge in [0.1, 0.15) is 0 Å². The highest BCUT2D eigenvalue weighted by Crippen LogP contribution is 1.77. The van der Waals surface area contributed by atoms with Crippen molar-refractivity contribution >= 4 is 12.2 Å². The van der Waals surface area contributed by atoms with Crippen LogP contribution in [0.25, 0.3) is 0 Å². The van der Waals surface area contributed by atoms with Crippen molar-refractivity contribution in [2.75, 3.05) is 13.7 Å². The van der Waals surface area contributed by atoms with Gasteiger partial charge in [-0.2, -0.15) is 0 Å². The summed E-state index contributed by atoms with van der Waals surface area (Å²) in [5.74, 6) is -1.03. The van der Waals surface area contributed by atoms with Gasteiger partial charge in [0.25, 0.3) is 0 Å². The fourth-order valence-electron chi connectivity index (χ4n) is 0.301. The van der Waals surface area contributed by atoms with Crippen molar-refractivity contribution < 1.29 is 14.7 Å². The molecule has 0 spiro atoms. The topological polar surface area (TPSA) is 70.9 Å². The van der Waals surface area contributed by atoms with Gasteiger partial charge in [0.05, 0.1) is 6.21 Å².